The molecule has 2 aromatic rings. The van der Waals surface area contributed by atoms with Crippen molar-refractivity contribution in [3.05, 3.63) is 36.0 Å². The molecule has 0 saturated heterocycles. The summed E-state index contributed by atoms with van der Waals surface area (Å²) in [5.41, 5.74) is 0.744. The molecule has 0 unspecified atom stereocenters. The van der Waals surface area contributed by atoms with Gasteiger partial charge < -0.3 is 19.9 Å². The van der Waals surface area contributed by atoms with Crippen LogP contribution in [0, 0.1) is 0 Å². The van der Waals surface area contributed by atoms with E-state index in [2.05, 4.69) is 20.8 Å². The van der Waals surface area contributed by atoms with Gasteiger partial charge in [0.2, 0.25) is 17.6 Å². The van der Waals surface area contributed by atoms with Gasteiger partial charge in [-0.1, -0.05) is 5.16 Å². The Balaban J connectivity index is 1.47. The first-order chi connectivity index (χ1) is 11.2. The number of nitrogens with one attached hydrogen (secondary N) is 2. The predicted octanol–water partition coefficient (Wildman–Crippen LogP) is 2.07. The monoisotopic (exact) mass is 316 g/mol. The average molecular weight is 316 g/mol. The number of ether oxygens (including phenoxy) is 1. The minimum atomic E-state index is -0.0209. The van der Waals surface area contributed by atoms with Crippen LogP contribution < -0.4 is 15.4 Å². The van der Waals surface area contributed by atoms with E-state index in [0.29, 0.717) is 36.3 Å². The van der Waals surface area contributed by atoms with Gasteiger partial charge in [-0.15, -0.1) is 0 Å². The fraction of sp³-hybridized carbons (Fsp3) is 0.438. The van der Waals surface area contributed by atoms with Crippen LogP contribution in [-0.4, -0.2) is 29.6 Å². The molecule has 7 nitrogen and oxygen atoms in total. The van der Waals surface area contributed by atoms with E-state index in [1.807, 2.05) is 7.05 Å². The van der Waals surface area contributed by atoms with Crippen molar-refractivity contribution in [2.45, 2.75) is 31.8 Å². The predicted molar refractivity (Wildman–Crippen MR) is 84.2 cm³/mol. The Labute approximate surface area is 134 Å². The summed E-state index contributed by atoms with van der Waals surface area (Å²) < 4.78 is 10.8. The number of rotatable bonds is 8. The highest BCUT2D eigenvalue weighted by Crippen LogP contribution is 2.38. The number of carbonyl (C=O) groups excluding carboxylic acids is 1. The SMILES string of the molecule is CNCCC(=O)Nc1ccc(OCc2noc(C3CC3)n2)cc1. The second-order valence-corrected chi connectivity index (χ2v) is 5.54. The van der Waals surface area contributed by atoms with E-state index in [9.17, 15) is 4.79 Å². The maximum absolute atomic E-state index is 11.6. The molecule has 0 bridgehead atoms. The summed E-state index contributed by atoms with van der Waals surface area (Å²) in [6.07, 6.45) is 2.70. The Kier molecular flexibility index (Phi) is 4.87. The van der Waals surface area contributed by atoms with E-state index in [-0.39, 0.29) is 12.5 Å². The van der Waals surface area contributed by atoms with Crippen molar-refractivity contribution in [2.75, 3.05) is 18.9 Å². The van der Waals surface area contributed by atoms with E-state index in [4.69, 9.17) is 9.26 Å². The van der Waals surface area contributed by atoms with Gasteiger partial charge in [-0.25, -0.2) is 0 Å². The van der Waals surface area contributed by atoms with Gasteiger partial charge in [-0.2, -0.15) is 4.98 Å². The number of amides is 1. The largest absolute Gasteiger partial charge is 0.485 e. The normalized spacial score (nSPS) is 13.8. The fourth-order valence-electron chi connectivity index (χ4n) is 2.07. The first-order valence-electron chi connectivity index (χ1n) is 7.74. The molecule has 7 heteroatoms. The van der Waals surface area contributed by atoms with Gasteiger partial charge in [0.15, 0.2) is 6.61 Å². The fourth-order valence-corrected chi connectivity index (χ4v) is 2.07. The van der Waals surface area contributed by atoms with Gasteiger partial charge >= 0.3 is 0 Å². The Hall–Kier alpha value is -2.41. The molecular formula is C16H20N4O3. The van der Waals surface area contributed by atoms with Crippen molar-refractivity contribution < 1.29 is 14.1 Å². The highest BCUT2D eigenvalue weighted by molar-refractivity contribution is 5.90. The number of aromatic nitrogens is 2. The van der Waals surface area contributed by atoms with Crippen molar-refractivity contribution in [1.29, 1.82) is 0 Å². The smallest absolute Gasteiger partial charge is 0.229 e. The van der Waals surface area contributed by atoms with Gasteiger partial charge in [-0.05, 0) is 44.2 Å². The van der Waals surface area contributed by atoms with Gasteiger partial charge in [0.1, 0.15) is 5.75 Å². The Morgan fingerprint density at radius 3 is 2.83 bits per heavy atom. The van der Waals surface area contributed by atoms with Crippen LogP contribution in [0.5, 0.6) is 5.75 Å². The summed E-state index contributed by atoms with van der Waals surface area (Å²) in [6, 6.07) is 7.21. The number of nitrogens with zero attached hydrogens (tertiary/aromatic N) is 2. The zero-order valence-corrected chi connectivity index (χ0v) is 13.0. The topological polar surface area (TPSA) is 89.3 Å². The third-order valence-electron chi connectivity index (χ3n) is 3.52. The second kappa shape index (κ2) is 7.23. The standard InChI is InChI=1S/C16H20N4O3/c1-17-9-8-15(21)18-12-4-6-13(7-5-12)22-10-14-19-16(23-20-14)11-2-3-11/h4-7,11,17H,2-3,8-10H2,1H3,(H,18,21). The minimum absolute atomic E-state index is 0.0209. The van der Waals surface area contributed by atoms with Crippen molar-refractivity contribution in [3.8, 4) is 5.75 Å². The molecule has 0 spiro atoms. The van der Waals surface area contributed by atoms with Crippen LogP contribution in [0.2, 0.25) is 0 Å². The van der Waals surface area contributed by atoms with E-state index < -0.39 is 0 Å². The zero-order chi connectivity index (χ0) is 16.1. The first-order valence-corrected chi connectivity index (χ1v) is 7.74. The number of hydrogen-bond acceptors (Lipinski definition) is 6. The molecule has 1 amide bonds. The van der Waals surface area contributed by atoms with Gasteiger partial charge in [0.05, 0.1) is 0 Å². The number of carbonyl (C=O) groups is 1. The van der Waals surface area contributed by atoms with E-state index in [1.54, 1.807) is 24.3 Å². The lowest BCUT2D eigenvalue weighted by Crippen LogP contribution is -2.18. The quantitative estimate of drug-likeness (QED) is 0.775. The highest BCUT2D eigenvalue weighted by atomic mass is 16.5. The molecule has 23 heavy (non-hydrogen) atoms. The molecule has 1 aromatic carbocycles. The summed E-state index contributed by atoms with van der Waals surface area (Å²) >= 11 is 0. The summed E-state index contributed by atoms with van der Waals surface area (Å²) in [6.45, 7) is 0.921. The highest BCUT2D eigenvalue weighted by Gasteiger charge is 2.29. The van der Waals surface area contributed by atoms with Crippen LogP contribution in [0.1, 0.15) is 36.9 Å². The van der Waals surface area contributed by atoms with Crippen LogP contribution in [-0.2, 0) is 11.4 Å². The van der Waals surface area contributed by atoms with Crippen molar-refractivity contribution in [1.82, 2.24) is 15.5 Å². The summed E-state index contributed by atoms with van der Waals surface area (Å²) in [7, 11) is 1.82. The summed E-state index contributed by atoms with van der Waals surface area (Å²) in [5, 5.41) is 9.67. The molecule has 0 atom stereocenters. The molecule has 1 aromatic heterocycles. The van der Waals surface area contributed by atoms with E-state index in [1.165, 1.54) is 0 Å². The molecular weight excluding hydrogens is 296 g/mol. The van der Waals surface area contributed by atoms with Crippen LogP contribution in [0.25, 0.3) is 0 Å². The minimum Gasteiger partial charge on any atom is -0.485 e. The van der Waals surface area contributed by atoms with Crippen LogP contribution in [0.3, 0.4) is 0 Å². The maximum atomic E-state index is 11.6. The first kappa shape index (κ1) is 15.5. The molecule has 1 heterocycles. The molecule has 3 rings (SSSR count). The van der Waals surface area contributed by atoms with Crippen molar-refractivity contribution >= 4 is 11.6 Å². The number of hydrogen-bond donors (Lipinski definition) is 2. The second-order valence-electron chi connectivity index (χ2n) is 5.54. The molecule has 2 N–H and O–H groups in total. The Morgan fingerprint density at radius 1 is 1.35 bits per heavy atom. The third kappa shape index (κ3) is 4.53. The van der Waals surface area contributed by atoms with Crippen molar-refractivity contribution in [2.24, 2.45) is 0 Å². The van der Waals surface area contributed by atoms with E-state index in [0.717, 1.165) is 18.5 Å². The Bertz CT molecular complexity index is 650. The third-order valence-corrected chi connectivity index (χ3v) is 3.52. The molecule has 1 aliphatic rings. The summed E-state index contributed by atoms with van der Waals surface area (Å²) in [5.74, 6) is 2.38. The zero-order valence-electron chi connectivity index (χ0n) is 13.0. The maximum Gasteiger partial charge on any atom is 0.229 e. The van der Waals surface area contributed by atoms with Gasteiger partial charge in [-0.3, -0.25) is 4.79 Å². The lowest BCUT2D eigenvalue weighted by atomic mass is 10.3. The Morgan fingerprint density at radius 2 is 2.13 bits per heavy atom. The van der Waals surface area contributed by atoms with E-state index >= 15 is 0 Å². The van der Waals surface area contributed by atoms with Gasteiger partial charge in [0, 0.05) is 24.6 Å². The molecule has 0 aliphatic heterocycles. The molecule has 1 aliphatic carbocycles. The molecule has 1 fully saturated rings. The lowest BCUT2D eigenvalue weighted by molar-refractivity contribution is -0.116. The number of benzene rings is 1. The van der Waals surface area contributed by atoms with Crippen LogP contribution in [0.4, 0.5) is 5.69 Å². The molecule has 122 valence electrons. The van der Waals surface area contributed by atoms with Crippen molar-refractivity contribution in [3.63, 3.8) is 0 Å². The van der Waals surface area contributed by atoms with Crippen LogP contribution in [0.15, 0.2) is 28.8 Å². The van der Waals surface area contributed by atoms with Crippen LogP contribution >= 0.6 is 0 Å². The van der Waals surface area contributed by atoms with Gasteiger partial charge in [0.25, 0.3) is 0 Å². The lowest BCUT2D eigenvalue weighted by Gasteiger charge is -2.07. The number of anilines is 1. The average Bonchev–Trinajstić information content (AvgIpc) is 3.31. The summed E-state index contributed by atoms with van der Waals surface area (Å²) in [4.78, 5) is 15.9. The molecule has 0 radical (unpaired) electrons. The molecule has 1 saturated carbocycles.